The van der Waals surface area contributed by atoms with E-state index in [9.17, 15) is 4.79 Å². The van der Waals surface area contributed by atoms with Crippen LogP contribution in [0.3, 0.4) is 0 Å². The van der Waals surface area contributed by atoms with Gasteiger partial charge in [0.1, 0.15) is 0 Å². The number of ketones is 1. The summed E-state index contributed by atoms with van der Waals surface area (Å²) < 4.78 is 0. The van der Waals surface area contributed by atoms with Gasteiger partial charge >= 0.3 is 0 Å². The standard InChI is InChI=1S/C7H13NO/c1-3-6(4-2)7(9)5-8/h5-6,8H,3-4H2,1-2H3. The summed E-state index contributed by atoms with van der Waals surface area (Å²) in [5.74, 6) is 0.0440. The highest BCUT2D eigenvalue weighted by Gasteiger charge is 2.09. The van der Waals surface area contributed by atoms with Gasteiger partial charge in [0.25, 0.3) is 0 Å². The van der Waals surface area contributed by atoms with Crippen LogP contribution in [-0.4, -0.2) is 12.0 Å². The van der Waals surface area contributed by atoms with E-state index in [4.69, 9.17) is 5.41 Å². The second-order valence-corrected chi connectivity index (χ2v) is 2.06. The smallest absolute Gasteiger partial charge is 0.176 e. The van der Waals surface area contributed by atoms with Crippen LogP contribution in [0, 0.1) is 11.3 Å². The fourth-order valence-electron chi connectivity index (χ4n) is 0.809. The van der Waals surface area contributed by atoms with Gasteiger partial charge in [-0.1, -0.05) is 13.8 Å². The minimum Gasteiger partial charge on any atom is -0.305 e. The molecular weight excluding hydrogens is 114 g/mol. The lowest BCUT2D eigenvalue weighted by Gasteiger charge is -2.04. The van der Waals surface area contributed by atoms with Crippen LogP contribution in [0.15, 0.2) is 0 Å². The number of nitrogens with one attached hydrogen (secondary N) is 1. The fourth-order valence-corrected chi connectivity index (χ4v) is 0.809. The molecule has 0 heterocycles. The van der Waals surface area contributed by atoms with Crippen LogP contribution >= 0.6 is 0 Å². The molecule has 52 valence electrons. The molecule has 0 atom stereocenters. The molecule has 0 saturated heterocycles. The van der Waals surface area contributed by atoms with E-state index in [2.05, 4.69) is 0 Å². The molecule has 2 heteroatoms. The molecule has 0 aromatic heterocycles. The Bertz CT molecular complexity index is 105. The van der Waals surface area contributed by atoms with E-state index < -0.39 is 0 Å². The van der Waals surface area contributed by atoms with E-state index in [1.807, 2.05) is 13.8 Å². The van der Waals surface area contributed by atoms with E-state index in [0.29, 0.717) is 0 Å². The van der Waals surface area contributed by atoms with Crippen molar-refractivity contribution in [1.82, 2.24) is 0 Å². The van der Waals surface area contributed by atoms with Crippen molar-refractivity contribution in [3.63, 3.8) is 0 Å². The molecule has 0 rings (SSSR count). The number of carbonyl (C=O) groups excluding carboxylic acids is 1. The Morgan fingerprint density at radius 1 is 1.56 bits per heavy atom. The summed E-state index contributed by atoms with van der Waals surface area (Å²) in [5.41, 5.74) is 0. The Hall–Kier alpha value is -0.660. The second kappa shape index (κ2) is 4.24. The molecule has 0 aliphatic carbocycles. The quantitative estimate of drug-likeness (QED) is 0.573. The third kappa shape index (κ3) is 2.40. The van der Waals surface area contributed by atoms with Crippen molar-refractivity contribution in [3.8, 4) is 0 Å². The largest absolute Gasteiger partial charge is 0.305 e. The lowest BCUT2D eigenvalue weighted by molar-refractivity contribution is -0.116. The molecule has 1 N–H and O–H groups in total. The predicted molar refractivity (Wildman–Crippen MR) is 37.9 cm³/mol. The van der Waals surface area contributed by atoms with Crippen LogP contribution in [0.25, 0.3) is 0 Å². The maximum atomic E-state index is 10.7. The van der Waals surface area contributed by atoms with E-state index in [1.54, 1.807) is 0 Å². The SMILES string of the molecule is CCC(CC)C(=O)C=N. The average Bonchev–Trinajstić information content (AvgIpc) is 1.90. The zero-order valence-electron chi connectivity index (χ0n) is 5.98. The van der Waals surface area contributed by atoms with Crippen molar-refractivity contribution in [2.75, 3.05) is 0 Å². The molecule has 0 bridgehead atoms. The van der Waals surface area contributed by atoms with Crippen LogP contribution in [0.5, 0.6) is 0 Å². The molecule has 0 aromatic rings. The third-order valence-electron chi connectivity index (χ3n) is 1.53. The van der Waals surface area contributed by atoms with Crippen molar-refractivity contribution in [2.24, 2.45) is 5.92 Å². The maximum Gasteiger partial charge on any atom is 0.176 e. The number of rotatable bonds is 4. The maximum absolute atomic E-state index is 10.7. The van der Waals surface area contributed by atoms with Gasteiger partial charge in [-0.05, 0) is 12.8 Å². The Balaban J connectivity index is 3.78. The molecular formula is C7H13NO. The predicted octanol–water partition coefficient (Wildman–Crippen LogP) is 1.64. The molecule has 0 fully saturated rings. The van der Waals surface area contributed by atoms with Gasteiger partial charge in [0.05, 0.1) is 6.21 Å². The van der Waals surface area contributed by atoms with E-state index >= 15 is 0 Å². The monoisotopic (exact) mass is 127 g/mol. The highest BCUT2D eigenvalue weighted by molar-refractivity contribution is 6.27. The summed E-state index contributed by atoms with van der Waals surface area (Å²) in [6.07, 6.45) is 2.62. The van der Waals surface area contributed by atoms with Crippen LogP contribution in [0.1, 0.15) is 26.7 Å². The molecule has 0 aromatic carbocycles. The first-order valence-electron chi connectivity index (χ1n) is 3.30. The van der Waals surface area contributed by atoms with E-state index in [-0.39, 0.29) is 11.7 Å². The van der Waals surface area contributed by atoms with Gasteiger partial charge in [-0.15, -0.1) is 0 Å². The lowest BCUT2D eigenvalue weighted by atomic mass is 9.99. The Labute approximate surface area is 55.8 Å². The molecule has 9 heavy (non-hydrogen) atoms. The van der Waals surface area contributed by atoms with Crippen molar-refractivity contribution in [2.45, 2.75) is 26.7 Å². The molecule has 0 spiro atoms. The van der Waals surface area contributed by atoms with Gasteiger partial charge in [0, 0.05) is 5.92 Å². The zero-order valence-corrected chi connectivity index (χ0v) is 5.98. The summed E-state index contributed by atoms with van der Waals surface area (Å²) in [7, 11) is 0. The fraction of sp³-hybridized carbons (Fsp3) is 0.714. The normalized spacial score (nSPS) is 9.67. The molecule has 0 saturated carbocycles. The second-order valence-electron chi connectivity index (χ2n) is 2.06. The number of hydrogen-bond donors (Lipinski definition) is 1. The van der Waals surface area contributed by atoms with Gasteiger partial charge < -0.3 is 5.41 Å². The van der Waals surface area contributed by atoms with Gasteiger partial charge in [-0.2, -0.15) is 0 Å². The highest BCUT2D eigenvalue weighted by atomic mass is 16.1. The summed E-state index contributed by atoms with van der Waals surface area (Å²) in [5, 5.41) is 6.67. The number of carbonyl (C=O) groups is 1. The first kappa shape index (κ1) is 8.34. The first-order valence-corrected chi connectivity index (χ1v) is 3.30. The van der Waals surface area contributed by atoms with E-state index in [0.717, 1.165) is 19.1 Å². The average molecular weight is 127 g/mol. The van der Waals surface area contributed by atoms with Gasteiger partial charge in [0.2, 0.25) is 0 Å². The molecule has 0 amide bonds. The molecule has 0 radical (unpaired) electrons. The Kier molecular flexibility index (Phi) is 3.93. The minimum absolute atomic E-state index is 0.0417. The number of hydrogen-bond acceptors (Lipinski definition) is 2. The summed E-state index contributed by atoms with van der Waals surface area (Å²) in [6, 6.07) is 0. The molecule has 2 nitrogen and oxygen atoms in total. The van der Waals surface area contributed by atoms with Crippen molar-refractivity contribution < 1.29 is 4.79 Å². The van der Waals surface area contributed by atoms with Crippen molar-refractivity contribution in [3.05, 3.63) is 0 Å². The van der Waals surface area contributed by atoms with Crippen LogP contribution < -0.4 is 0 Å². The van der Waals surface area contributed by atoms with Gasteiger partial charge in [0.15, 0.2) is 5.78 Å². The Morgan fingerprint density at radius 3 is 2.11 bits per heavy atom. The van der Waals surface area contributed by atoms with Gasteiger partial charge in [-0.3, -0.25) is 4.79 Å². The zero-order chi connectivity index (χ0) is 7.28. The summed E-state index contributed by atoms with van der Waals surface area (Å²) in [6.45, 7) is 3.94. The third-order valence-corrected chi connectivity index (χ3v) is 1.53. The van der Waals surface area contributed by atoms with Crippen LogP contribution in [0.2, 0.25) is 0 Å². The molecule has 0 aliphatic rings. The molecule has 0 unspecified atom stereocenters. The topological polar surface area (TPSA) is 40.9 Å². The molecule has 0 aliphatic heterocycles. The highest BCUT2D eigenvalue weighted by Crippen LogP contribution is 2.06. The van der Waals surface area contributed by atoms with Crippen molar-refractivity contribution >= 4 is 12.0 Å². The van der Waals surface area contributed by atoms with Crippen LogP contribution in [-0.2, 0) is 4.79 Å². The minimum atomic E-state index is -0.0417. The van der Waals surface area contributed by atoms with E-state index in [1.165, 1.54) is 0 Å². The van der Waals surface area contributed by atoms with Gasteiger partial charge in [-0.25, -0.2) is 0 Å². The first-order chi connectivity index (χ1) is 4.26. The lowest BCUT2D eigenvalue weighted by Crippen LogP contribution is -2.12. The number of Topliss-reactive ketones (excluding diaryl/α,β-unsaturated/α-hetero) is 1. The Morgan fingerprint density at radius 2 is 2.00 bits per heavy atom. The van der Waals surface area contributed by atoms with Crippen LogP contribution in [0.4, 0.5) is 0 Å². The summed E-state index contributed by atoms with van der Waals surface area (Å²) >= 11 is 0. The van der Waals surface area contributed by atoms with Crippen molar-refractivity contribution in [1.29, 1.82) is 5.41 Å². The summed E-state index contributed by atoms with van der Waals surface area (Å²) in [4.78, 5) is 10.7.